The number of aromatic nitrogens is 2. The summed E-state index contributed by atoms with van der Waals surface area (Å²) in [6.45, 7) is 9.07. The van der Waals surface area contributed by atoms with Gasteiger partial charge in [0.15, 0.2) is 0 Å². The first-order chi connectivity index (χ1) is 19.2. The quantitative estimate of drug-likeness (QED) is 0.304. The van der Waals surface area contributed by atoms with Gasteiger partial charge < -0.3 is 15.4 Å². The van der Waals surface area contributed by atoms with Gasteiger partial charge in [0.1, 0.15) is 26.0 Å². The molecular weight excluding hydrogens is 532 g/mol. The van der Waals surface area contributed by atoms with Crippen molar-refractivity contribution < 1.29 is 13.2 Å². The molecule has 0 amide bonds. The fraction of sp³-hybridized carbons (Fsp3) is 0.407. The standard InChI is InChI=1S/C27H32B4N6O3S/c1-26(2,3)36-41(38,39)21-8-6-7-19(17-21)32-24-22(27(29,30)31)23(28)34-25(35-24)33-18-9-11-20(12-10-18)40-16-15-37-13-4-5-14-37/h6-12,17,36H,4-5,13-16H2,1-3H3,(H2,32,33,34,35). The highest BCUT2D eigenvalue weighted by atomic mass is 32.2. The number of nitrogens with one attached hydrogen (secondary N) is 3. The van der Waals surface area contributed by atoms with Crippen molar-refractivity contribution in [2.24, 2.45) is 0 Å². The first kappa shape index (κ1) is 31.0. The van der Waals surface area contributed by atoms with Crippen molar-refractivity contribution in [3.05, 3.63) is 54.1 Å². The summed E-state index contributed by atoms with van der Waals surface area (Å²) in [5.74, 6) is 1.02. The molecule has 0 atom stereocenters. The van der Waals surface area contributed by atoms with Crippen LogP contribution in [0.4, 0.5) is 23.1 Å². The topological polar surface area (TPSA) is 108 Å². The third kappa shape index (κ3) is 8.77. The van der Waals surface area contributed by atoms with Crippen molar-refractivity contribution >= 4 is 70.1 Å². The molecule has 0 spiro atoms. The van der Waals surface area contributed by atoms with Crippen LogP contribution in [0.15, 0.2) is 53.4 Å². The van der Waals surface area contributed by atoms with Crippen LogP contribution in [0, 0.1) is 0 Å². The minimum absolute atomic E-state index is 0.0439. The van der Waals surface area contributed by atoms with Crippen LogP contribution in [-0.2, 0) is 15.1 Å². The van der Waals surface area contributed by atoms with Gasteiger partial charge in [-0.15, -0.1) is 5.11 Å². The Labute approximate surface area is 248 Å². The fourth-order valence-electron chi connectivity index (χ4n) is 4.45. The predicted molar refractivity (Wildman–Crippen MR) is 167 cm³/mol. The van der Waals surface area contributed by atoms with Crippen molar-refractivity contribution in [1.29, 1.82) is 0 Å². The zero-order valence-electron chi connectivity index (χ0n) is 23.6. The lowest BCUT2D eigenvalue weighted by atomic mass is 9.39. The van der Waals surface area contributed by atoms with E-state index in [4.69, 9.17) is 36.1 Å². The van der Waals surface area contributed by atoms with E-state index < -0.39 is 20.7 Å². The molecule has 8 radical (unpaired) electrons. The van der Waals surface area contributed by atoms with Crippen LogP contribution in [-0.4, -0.2) is 86.5 Å². The Kier molecular flexibility index (Phi) is 9.45. The van der Waals surface area contributed by atoms with Crippen LogP contribution < -0.4 is 25.7 Å². The normalized spacial score (nSPS) is 14.6. The lowest BCUT2D eigenvalue weighted by Gasteiger charge is -2.27. The van der Waals surface area contributed by atoms with E-state index in [1.165, 1.54) is 25.0 Å². The summed E-state index contributed by atoms with van der Waals surface area (Å²) < 4.78 is 34.2. The number of benzene rings is 2. The average molecular weight is 564 g/mol. The lowest BCUT2D eigenvalue weighted by molar-refractivity contribution is 0.238. The third-order valence-electron chi connectivity index (χ3n) is 6.20. The molecule has 41 heavy (non-hydrogen) atoms. The van der Waals surface area contributed by atoms with E-state index in [9.17, 15) is 8.42 Å². The first-order valence-corrected chi connectivity index (χ1v) is 14.9. The molecule has 0 aliphatic carbocycles. The SMILES string of the molecule is [B]c1nc(Nc2ccc(OCCN3CCCC3)cc2)nc(Nc2cccc(S(=O)(=O)NC(C)(C)C)c2)c1C([B])([B])[B]. The summed E-state index contributed by atoms with van der Waals surface area (Å²) in [4.78, 5) is 11.2. The highest BCUT2D eigenvalue weighted by Gasteiger charge is 2.24. The number of hydrogen-bond donors (Lipinski definition) is 3. The molecule has 1 saturated heterocycles. The maximum absolute atomic E-state index is 12.9. The van der Waals surface area contributed by atoms with Crippen LogP contribution >= 0.6 is 0 Å². The molecule has 14 heteroatoms. The van der Waals surface area contributed by atoms with Gasteiger partial charge in [-0.05, 0) is 100 Å². The Morgan fingerprint density at radius 3 is 2.27 bits per heavy atom. The van der Waals surface area contributed by atoms with Gasteiger partial charge in [0.2, 0.25) is 16.0 Å². The Bertz CT molecular complexity index is 1460. The van der Waals surface area contributed by atoms with Crippen molar-refractivity contribution in [3.63, 3.8) is 0 Å². The summed E-state index contributed by atoms with van der Waals surface area (Å²) in [6.07, 6.45) is 2.49. The van der Waals surface area contributed by atoms with Crippen LogP contribution in [0.5, 0.6) is 5.75 Å². The molecule has 2 aromatic carbocycles. The molecule has 206 valence electrons. The molecule has 4 rings (SSSR count). The molecule has 1 fully saturated rings. The van der Waals surface area contributed by atoms with Crippen LogP contribution in [0.3, 0.4) is 0 Å². The van der Waals surface area contributed by atoms with E-state index >= 15 is 0 Å². The molecule has 1 aliphatic rings. The van der Waals surface area contributed by atoms with Crippen molar-refractivity contribution in [1.82, 2.24) is 19.6 Å². The minimum atomic E-state index is -3.79. The molecule has 0 unspecified atom stereocenters. The number of nitrogens with zero attached hydrogens (tertiary/aromatic N) is 3. The van der Waals surface area contributed by atoms with Gasteiger partial charge >= 0.3 is 0 Å². The Balaban J connectivity index is 1.53. The van der Waals surface area contributed by atoms with E-state index in [0.717, 1.165) is 25.4 Å². The Hall–Kier alpha value is -2.95. The second-order valence-corrected chi connectivity index (χ2v) is 12.8. The molecule has 9 nitrogen and oxygen atoms in total. The number of anilines is 4. The molecule has 3 aromatic rings. The summed E-state index contributed by atoms with van der Waals surface area (Å²) in [5.41, 5.74) is 0.443. The van der Waals surface area contributed by atoms with Gasteiger partial charge in [0.25, 0.3) is 0 Å². The number of ether oxygens (including phenoxy) is 1. The number of hydrogen-bond acceptors (Lipinski definition) is 8. The molecule has 2 heterocycles. The number of rotatable bonds is 11. The van der Waals surface area contributed by atoms with Gasteiger partial charge in [0, 0.05) is 23.5 Å². The highest BCUT2D eigenvalue weighted by molar-refractivity contribution is 7.89. The molecular formula is C27H32B4N6O3S. The molecule has 3 N–H and O–H groups in total. The minimum Gasteiger partial charge on any atom is -0.492 e. The molecule has 0 saturated carbocycles. The van der Waals surface area contributed by atoms with Crippen molar-refractivity contribution in [2.45, 2.75) is 49.2 Å². The average Bonchev–Trinajstić information content (AvgIpc) is 3.36. The van der Waals surface area contributed by atoms with Crippen molar-refractivity contribution in [3.8, 4) is 5.75 Å². The fourth-order valence-corrected chi connectivity index (χ4v) is 5.92. The second-order valence-electron chi connectivity index (χ2n) is 11.1. The van der Waals surface area contributed by atoms with E-state index in [1.807, 2.05) is 24.3 Å². The monoisotopic (exact) mass is 564 g/mol. The van der Waals surface area contributed by atoms with E-state index in [-0.39, 0.29) is 27.8 Å². The molecule has 0 bridgehead atoms. The van der Waals surface area contributed by atoms with Crippen LogP contribution in [0.1, 0.15) is 39.2 Å². The summed E-state index contributed by atoms with van der Waals surface area (Å²) in [5, 5.41) is 4.28. The zero-order chi connectivity index (χ0) is 29.8. The number of likely N-dealkylation sites (tertiary alicyclic amines) is 1. The van der Waals surface area contributed by atoms with Gasteiger partial charge in [-0.25, -0.2) is 18.1 Å². The first-order valence-electron chi connectivity index (χ1n) is 13.4. The smallest absolute Gasteiger partial charge is 0.241 e. The Morgan fingerprint density at radius 2 is 1.63 bits per heavy atom. The van der Waals surface area contributed by atoms with Gasteiger partial charge in [-0.1, -0.05) is 6.07 Å². The highest BCUT2D eigenvalue weighted by Crippen LogP contribution is 2.27. The summed E-state index contributed by atoms with van der Waals surface area (Å²) in [6, 6.07) is 13.6. The van der Waals surface area contributed by atoms with Gasteiger partial charge in [0.05, 0.1) is 28.4 Å². The molecule has 1 aliphatic heterocycles. The largest absolute Gasteiger partial charge is 0.492 e. The summed E-state index contributed by atoms with van der Waals surface area (Å²) in [7, 11) is 20.4. The third-order valence-corrected chi connectivity index (χ3v) is 7.96. The van der Waals surface area contributed by atoms with Gasteiger partial charge in [-0.3, -0.25) is 4.90 Å². The predicted octanol–water partition coefficient (Wildman–Crippen LogP) is 1.92. The van der Waals surface area contributed by atoms with E-state index in [1.54, 1.807) is 32.9 Å². The van der Waals surface area contributed by atoms with Crippen LogP contribution in [0.2, 0.25) is 0 Å². The Morgan fingerprint density at radius 1 is 0.951 bits per heavy atom. The van der Waals surface area contributed by atoms with E-state index in [0.29, 0.717) is 18.0 Å². The molecule has 1 aromatic heterocycles. The van der Waals surface area contributed by atoms with Crippen molar-refractivity contribution in [2.75, 3.05) is 36.9 Å². The maximum Gasteiger partial charge on any atom is 0.241 e. The van der Waals surface area contributed by atoms with Crippen LogP contribution in [0.25, 0.3) is 0 Å². The lowest BCUT2D eigenvalue weighted by Crippen LogP contribution is -2.40. The number of sulfonamides is 1. The van der Waals surface area contributed by atoms with Gasteiger partial charge in [-0.2, -0.15) is 4.98 Å². The van der Waals surface area contributed by atoms with E-state index in [2.05, 4.69) is 30.2 Å². The summed E-state index contributed by atoms with van der Waals surface area (Å²) >= 11 is 0. The zero-order valence-corrected chi connectivity index (χ0v) is 24.5. The second kappa shape index (κ2) is 12.5. The maximum atomic E-state index is 12.9.